The summed E-state index contributed by atoms with van der Waals surface area (Å²) < 4.78 is 0. The monoisotopic (exact) mass is 291 g/mol. The third kappa shape index (κ3) is 3.09. The summed E-state index contributed by atoms with van der Waals surface area (Å²) in [5.74, 6) is -0.157. The first kappa shape index (κ1) is 13.8. The van der Waals surface area contributed by atoms with E-state index in [0.29, 0.717) is 16.9 Å². The minimum Gasteiger partial charge on any atom is -0.322 e. The number of carbonyl (C=O) groups is 1. The van der Waals surface area contributed by atoms with E-state index in [1.54, 1.807) is 30.3 Å². The minimum absolute atomic E-state index is 0.157. The lowest BCUT2D eigenvalue weighted by Gasteiger charge is -2.06. The molecule has 22 heavy (non-hydrogen) atoms. The van der Waals surface area contributed by atoms with Crippen molar-refractivity contribution in [2.24, 2.45) is 0 Å². The maximum Gasteiger partial charge on any atom is 0.264 e. The molecule has 0 aliphatic heterocycles. The molecule has 1 amide bonds. The van der Waals surface area contributed by atoms with Gasteiger partial charge in [-0.3, -0.25) is 9.59 Å². The molecule has 0 fully saturated rings. The van der Waals surface area contributed by atoms with Crippen LogP contribution in [0.3, 0.4) is 0 Å². The van der Waals surface area contributed by atoms with Crippen LogP contribution in [0.5, 0.6) is 0 Å². The molecule has 5 heteroatoms. The highest BCUT2D eigenvalue weighted by Crippen LogP contribution is 2.18. The predicted molar refractivity (Wildman–Crippen MR) is 84.7 cm³/mol. The van der Waals surface area contributed by atoms with Crippen LogP contribution in [0.2, 0.25) is 0 Å². The summed E-state index contributed by atoms with van der Waals surface area (Å²) in [6, 6.07) is 19.3. The molecule has 3 rings (SSSR count). The fourth-order valence-corrected chi connectivity index (χ4v) is 2.02. The third-order valence-electron chi connectivity index (χ3n) is 3.15. The largest absolute Gasteiger partial charge is 0.322 e. The highest BCUT2D eigenvalue weighted by atomic mass is 16.1. The molecule has 1 aromatic heterocycles. The quantitative estimate of drug-likeness (QED) is 0.779. The van der Waals surface area contributed by atoms with E-state index in [-0.39, 0.29) is 11.5 Å². The molecule has 2 N–H and O–H groups in total. The van der Waals surface area contributed by atoms with Crippen LogP contribution in [0.1, 0.15) is 10.4 Å². The topological polar surface area (TPSA) is 74.8 Å². The molecule has 0 saturated heterocycles. The van der Waals surface area contributed by atoms with Gasteiger partial charge in [0.2, 0.25) is 0 Å². The Labute approximate surface area is 126 Å². The van der Waals surface area contributed by atoms with E-state index in [1.807, 2.05) is 30.3 Å². The molecular formula is C17H13N3O2. The molecule has 2 aromatic carbocycles. The number of nitrogens with one attached hydrogen (secondary N) is 2. The van der Waals surface area contributed by atoms with Crippen molar-refractivity contribution < 1.29 is 4.79 Å². The molecule has 0 radical (unpaired) electrons. The first-order chi connectivity index (χ1) is 10.7. The number of aromatic amines is 1. The van der Waals surface area contributed by atoms with Gasteiger partial charge in [0.25, 0.3) is 11.5 Å². The van der Waals surface area contributed by atoms with Gasteiger partial charge < -0.3 is 5.32 Å². The average molecular weight is 291 g/mol. The summed E-state index contributed by atoms with van der Waals surface area (Å²) >= 11 is 0. The highest BCUT2D eigenvalue weighted by molar-refractivity contribution is 6.04. The Morgan fingerprint density at radius 2 is 1.64 bits per heavy atom. The molecule has 0 unspecified atom stereocenters. The lowest BCUT2D eigenvalue weighted by Crippen LogP contribution is -2.11. The molecule has 0 aliphatic rings. The molecule has 5 nitrogen and oxygen atoms in total. The zero-order valence-electron chi connectivity index (χ0n) is 11.6. The molecule has 0 aliphatic carbocycles. The maximum absolute atomic E-state index is 12.0. The number of hydrogen-bond acceptors (Lipinski definition) is 3. The zero-order valence-corrected chi connectivity index (χ0v) is 11.6. The predicted octanol–water partition coefficient (Wildman–Crippen LogP) is 2.69. The Morgan fingerprint density at radius 3 is 2.27 bits per heavy atom. The van der Waals surface area contributed by atoms with Gasteiger partial charge >= 0.3 is 0 Å². The van der Waals surface area contributed by atoms with Crippen LogP contribution >= 0.6 is 0 Å². The van der Waals surface area contributed by atoms with E-state index in [9.17, 15) is 9.59 Å². The molecule has 0 bridgehead atoms. The van der Waals surface area contributed by atoms with Crippen molar-refractivity contribution in [3.8, 4) is 11.3 Å². The third-order valence-corrected chi connectivity index (χ3v) is 3.15. The second-order valence-electron chi connectivity index (χ2n) is 4.70. The standard InChI is InChI=1S/C17H13N3O2/c21-16-11-10-15(19-20-16)12-6-8-14(9-7-12)18-17(22)13-4-2-1-3-5-13/h1-11H,(H,18,22)(H,20,21). The van der Waals surface area contributed by atoms with Gasteiger partial charge in [-0.25, -0.2) is 5.10 Å². The SMILES string of the molecule is O=C(Nc1ccc(-c2ccc(=O)[nH]n2)cc1)c1ccccc1. The van der Waals surface area contributed by atoms with Crippen molar-refractivity contribution in [2.75, 3.05) is 5.32 Å². The van der Waals surface area contributed by atoms with Crippen molar-refractivity contribution in [3.05, 3.63) is 82.6 Å². The molecule has 108 valence electrons. The van der Waals surface area contributed by atoms with Crippen LogP contribution in [-0.4, -0.2) is 16.1 Å². The summed E-state index contributed by atoms with van der Waals surface area (Å²) in [7, 11) is 0. The summed E-state index contributed by atoms with van der Waals surface area (Å²) in [6.07, 6.45) is 0. The number of carbonyl (C=O) groups excluding carboxylic acids is 1. The molecule has 3 aromatic rings. The fraction of sp³-hybridized carbons (Fsp3) is 0. The van der Waals surface area contributed by atoms with Gasteiger partial charge in [0.05, 0.1) is 5.69 Å². The average Bonchev–Trinajstić information content (AvgIpc) is 2.57. The Kier molecular flexibility index (Phi) is 3.78. The van der Waals surface area contributed by atoms with Crippen LogP contribution in [0.15, 0.2) is 71.5 Å². The molecule has 0 saturated carbocycles. The number of aromatic nitrogens is 2. The number of H-pyrrole nitrogens is 1. The maximum atomic E-state index is 12.0. The van der Waals surface area contributed by atoms with Crippen LogP contribution in [0.25, 0.3) is 11.3 Å². The van der Waals surface area contributed by atoms with Crippen molar-refractivity contribution >= 4 is 11.6 Å². The number of nitrogens with zero attached hydrogens (tertiary/aromatic N) is 1. The van der Waals surface area contributed by atoms with E-state index in [2.05, 4.69) is 15.5 Å². The minimum atomic E-state index is -0.240. The highest BCUT2D eigenvalue weighted by Gasteiger charge is 2.05. The van der Waals surface area contributed by atoms with Gasteiger partial charge in [0, 0.05) is 22.9 Å². The van der Waals surface area contributed by atoms with Crippen molar-refractivity contribution in [1.82, 2.24) is 10.2 Å². The van der Waals surface area contributed by atoms with Gasteiger partial charge in [-0.05, 0) is 30.3 Å². The summed E-state index contributed by atoms with van der Waals surface area (Å²) in [4.78, 5) is 23.0. The molecule has 1 heterocycles. The van der Waals surface area contributed by atoms with Crippen LogP contribution in [0.4, 0.5) is 5.69 Å². The number of anilines is 1. The molecule has 0 spiro atoms. The van der Waals surface area contributed by atoms with E-state index < -0.39 is 0 Å². The Balaban J connectivity index is 1.76. The molecular weight excluding hydrogens is 278 g/mol. The number of amides is 1. The summed E-state index contributed by atoms with van der Waals surface area (Å²) in [6.45, 7) is 0. The Bertz CT molecular complexity index is 819. The number of rotatable bonds is 3. The fourth-order valence-electron chi connectivity index (χ4n) is 2.02. The summed E-state index contributed by atoms with van der Waals surface area (Å²) in [5, 5.41) is 9.18. The van der Waals surface area contributed by atoms with Crippen molar-refractivity contribution in [3.63, 3.8) is 0 Å². The molecule has 0 atom stereocenters. The van der Waals surface area contributed by atoms with E-state index in [1.165, 1.54) is 6.07 Å². The van der Waals surface area contributed by atoms with Gasteiger partial charge in [-0.15, -0.1) is 0 Å². The van der Waals surface area contributed by atoms with Crippen LogP contribution in [0, 0.1) is 0 Å². The van der Waals surface area contributed by atoms with E-state index >= 15 is 0 Å². The second kappa shape index (κ2) is 6.05. The van der Waals surface area contributed by atoms with Gasteiger partial charge in [-0.2, -0.15) is 5.10 Å². The summed E-state index contributed by atoms with van der Waals surface area (Å²) in [5.41, 5.74) is 2.58. The first-order valence-corrected chi connectivity index (χ1v) is 6.75. The second-order valence-corrected chi connectivity index (χ2v) is 4.70. The normalized spacial score (nSPS) is 10.2. The van der Waals surface area contributed by atoms with Crippen molar-refractivity contribution in [1.29, 1.82) is 0 Å². The van der Waals surface area contributed by atoms with Gasteiger partial charge in [-0.1, -0.05) is 30.3 Å². The lowest BCUT2D eigenvalue weighted by molar-refractivity contribution is 0.102. The number of hydrogen-bond donors (Lipinski definition) is 2. The smallest absolute Gasteiger partial charge is 0.264 e. The lowest BCUT2D eigenvalue weighted by atomic mass is 10.1. The zero-order chi connectivity index (χ0) is 15.4. The van der Waals surface area contributed by atoms with Gasteiger partial charge in [0.15, 0.2) is 0 Å². The van der Waals surface area contributed by atoms with Crippen LogP contribution in [-0.2, 0) is 0 Å². The van der Waals surface area contributed by atoms with Gasteiger partial charge in [0.1, 0.15) is 0 Å². The van der Waals surface area contributed by atoms with E-state index in [0.717, 1.165) is 5.56 Å². The van der Waals surface area contributed by atoms with Crippen molar-refractivity contribution in [2.45, 2.75) is 0 Å². The van der Waals surface area contributed by atoms with Crippen LogP contribution < -0.4 is 10.9 Å². The Hall–Kier alpha value is -3.21. The number of benzene rings is 2. The first-order valence-electron chi connectivity index (χ1n) is 6.75. The van der Waals surface area contributed by atoms with E-state index in [4.69, 9.17) is 0 Å². The Morgan fingerprint density at radius 1 is 0.909 bits per heavy atom.